The fourth-order valence-electron chi connectivity index (χ4n) is 3.88. The maximum atomic E-state index is 10.5. The topological polar surface area (TPSA) is 40.5 Å². The molecule has 0 saturated heterocycles. The van der Waals surface area contributed by atoms with Crippen LogP contribution in [0, 0.1) is 5.92 Å². The van der Waals surface area contributed by atoms with Crippen molar-refractivity contribution >= 4 is 0 Å². The molecule has 2 heteroatoms. The summed E-state index contributed by atoms with van der Waals surface area (Å²) in [6.07, 6.45) is 20.7. The van der Waals surface area contributed by atoms with Gasteiger partial charge in [0.1, 0.15) is 0 Å². The van der Waals surface area contributed by atoms with E-state index in [2.05, 4.69) is 72.8 Å². The van der Waals surface area contributed by atoms with Gasteiger partial charge in [0.15, 0.2) is 0 Å². The lowest BCUT2D eigenvalue weighted by Gasteiger charge is -2.34. The molecule has 0 saturated carbocycles. The van der Waals surface area contributed by atoms with E-state index in [9.17, 15) is 5.11 Å². The van der Waals surface area contributed by atoms with E-state index in [-0.39, 0.29) is 6.61 Å². The molecule has 0 aliphatic heterocycles. The molecule has 0 bridgehead atoms. The van der Waals surface area contributed by atoms with Crippen molar-refractivity contribution in [3.05, 3.63) is 58.2 Å². The third-order valence-electron chi connectivity index (χ3n) is 6.28. The zero-order chi connectivity index (χ0) is 24.6. The highest BCUT2D eigenvalue weighted by Crippen LogP contribution is 2.34. The standard InChI is InChI=1S/2C15H26O/c1-12(2)6-5-11-15(4,16)14-9-7-13(3)8-10-14;1-13(2)7-5-8-14(3)9-6-10-15(4)11-12-16/h6-7,14,16H,5,8-11H2,1-4H3;7,9,11,16H,5-6,8,10,12H2,1-4H3/t14-,15+;/m0./s1. The Balaban J connectivity index is 0.000000601. The first-order valence-electron chi connectivity index (χ1n) is 12.5. The van der Waals surface area contributed by atoms with Crippen molar-refractivity contribution in [2.24, 2.45) is 5.92 Å². The number of aliphatic hydroxyl groups is 2. The molecule has 184 valence electrons. The summed E-state index contributed by atoms with van der Waals surface area (Å²) in [5, 5.41) is 19.2. The fraction of sp³-hybridized carbons (Fsp3) is 0.667. The molecule has 2 N–H and O–H groups in total. The van der Waals surface area contributed by atoms with Crippen LogP contribution < -0.4 is 0 Å². The van der Waals surface area contributed by atoms with E-state index < -0.39 is 5.60 Å². The predicted molar refractivity (Wildman–Crippen MR) is 143 cm³/mol. The minimum absolute atomic E-state index is 0.162. The molecule has 2 atom stereocenters. The lowest BCUT2D eigenvalue weighted by Crippen LogP contribution is -2.35. The lowest BCUT2D eigenvalue weighted by molar-refractivity contribution is -0.0122. The van der Waals surface area contributed by atoms with E-state index in [1.165, 1.54) is 27.9 Å². The average molecular weight is 445 g/mol. The van der Waals surface area contributed by atoms with Crippen molar-refractivity contribution in [1.82, 2.24) is 0 Å². The molecule has 1 aliphatic carbocycles. The molecule has 0 heterocycles. The van der Waals surface area contributed by atoms with Gasteiger partial charge in [-0.05, 0) is 119 Å². The summed E-state index contributed by atoms with van der Waals surface area (Å²) in [6, 6.07) is 0. The highest BCUT2D eigenvalue weighted by molar-refractivity contribution is 5.07. The van der Waals surface area contributed by atoms with E-state index in [1.54, 1.807) is 0 Å². The Labute approximate surface area is 199 Å². The second kappa shape index (κ2) is 17.1. The van der Waals surface area contributed by atoms with Crippen LogP contribution >= 0.6 is 0 Å². The minimum atomic E-state index is -0.497. The zero-order valence-electron chi connectivity index (χ0n) is 22.4. The van der Waals surface area contributed by atoms with E-state index >= 15 is 0 Å². The molecule has 0 aromatic heterocycles. The number of hydrogen-bond acceptors (Lipinski definition) is 2. The Kier molecular flexibility index (Phi) is 16.4. The summed E-state index contributed by atoms with van der Waals surface area (Å²) in [6.45, 7) is 17.1. The third kappa shape index (κ3) is 16.3. The second-order valence-corrected chi connectivity index (χ2v) is 10.3. The summed E-state index contributed by atoms with van der Waals surface area (Å²) in [5.41, 5.74) is 6.47. The van der Waals surface area contributed by atoms with Gasteiger partial charge in [-0.2, -0.15) is 0 Å². The van der Waals surface area contributed by atoms with Crippen molar-refractivity contribution in [1.29, 1.82) is 0 Å². The van der Waals surface area contributed by atoms with Gasteiger partial charge in [-0.3, -0.25) is 0 Å². The van der Waals surface area contributed by atoms with Crippen LogP contribution in [-0.2, 0) is 0 Å². The molecule has 1 rings (SSSR count). The Morgan fingerprint density at radius 2 is 1.44 bits per heavy atom. The van der Waals surface area contributed by atoms with Gasteiger partial charge in [-0.1, -0.05) is 58.2 Å². The minimum Gasteiger partial charge on any atom is -0.392 e. The summed E-state index contributed by atoms with van der Waals surface area (Å²) in [7, 11) is 0. The highest BCUT2D eigenvalue weighted by Gasteiger charge is 2.31. The van der Waals surface area contributed by atoms with Crippen molar-refractivity contribution < 1.29 is 10.2 Å². The number of hydrogen-bond donors (Lipinski definition) is 2. The van der Waals surface area contributed by atoms with Crippen molar-refractivity contribution in [3.63, 3.8) is 0 Å². The van der Waals surface area contributed by atoms with E-state index in [1.807, 2.05) is 13.0 Å². The zero-order valence-corrected chi connectivity index (χ0v) is 22.4. The summed E-state index contributed by atoms with van der Waals surface area (Å²) >= 11 is 0. The quantitative estimate of drug-likeness (QED) is 0.313. The summed E-state index contributed by atoms with van der Waals surface area (Å²) in [4.78, 5) is 0. The number of allylic oxidation sites excluding steroid dienone is 9. The molecule has 1 aliphatic rings. The fourth-order valence-corrected chi connectivity index (χ4v) is 3.88. The van der Waals surface area contributed by atoms with Gasteiger partial charge in [-0.25, -0.2) is 0 Å². The molecule has 0 amide bonds. The predicted octanol–water partition coefficient (Wildman–Crippen LogP) is 8.63. The smallest absolute Gasteiger partial charge is 0.0653 e. The van der Waals surface area contributed by atoms with Crippen molar-refractivity contribution in [3.8, 4) is 0 Å². The molecule has 0 aromatic carbocycles. The SMILES string of the molecule is CC(C)=CCCC(C)=CCCC(C)=CCO.CC(C)=CCC[C@@](C)(O)[C@H]1CC=C(C)CC1. The third-order valence-corrected chi connectivity index (χ3v) is 6.28. The van der Waals surface area contributed by atoms with Crippen molar-refractivity contribution in [2.75, 3.05) is 6.61 Å². The molecule has 0 unspecified atom stereocenters. The second-order valence-electron chi connectivity index (χ2n) is 10.3. The Bertz CT molecular complexity index is 663. The Morgan fingerprint density at radius 3 is 1.94 bits per heavy atom. The summed E-state index contributed by atoms with van der Waals surface area (Å²) < 4.78 is 0. The van der Waals surface area contributed by atoms with Crippen LogP contribution in [-0.4, -0.2) is 22.4 Å². The van der Waals surface area contributed by atoms with Crippen LogP contribution in [0.4, 0.5) is 0 Å². The lowest BCUT2D eigenvalue weighted by atomic mass is 9.76. The first-order valence-corrected chi connectivity index (χ1v) is 12.5. The molecule has 0 aromatic rings. The van der Waals surface area contributed by atoms with Gasteiger partial charge in [-0.15, -0.1) is 0 Å². The van der Waals surface area contributed by atoms with Gasteiger partial charge in [0.2, 0.25) is 0 Å². The van der Waals surface area contributed by atoms with Gasteiger partial charge >= 0.3 is 0 Å². The number of aliphatic hydroxyl groups excluding tert-OH is 1. The van der Waals surface area contributed by atoms with Crippen LogP contribution in [0.5, 0.6) is 0 Å². The van der Waals surface area contributed by atoms with Gasteiger partial charge in [0.05, 0.1) is 12.2 Å². The largest absolute Gasteiger partial charge is 0.392 e. The van der Waals surface area contributed by atoms with Crippen LogP contribution in [0.1, 0.15) is 113 Å². The van der Waals surface area contributed by atoms with Crippen LogP contribution in [0.15, 0.2) is 58.2 Å². The van der Waals surface area contributed by atoms with E-state index in [4.69, 9.17) is 5.11 Å². The molecule has 0 fully saturated rings. The highest BCUT2D eigenvalue weighted by atomic mass is 16.3. The number of rotatable bonds is 11. The normalized spacial score (nSPS) is 18.7. The van der Waals surface area contributed by atoms with Crippen LogP contribution in [0.3, 0.4) is 0 Å². The molecule has 2 nitrogen and oxygen atoms in total. The first-order chi connectivity index (χ1) is 15.0. The Hall–Kier alpha value is -1.38. The molecule has 32 heavy (non-hydrogen) atoms. The van der Waals surface area contributed by atoms with Crippen LogP contribution in [0.2, 0.25) is 0 Å². The van der Waals surface area contributed by atoms with Gasteiger partial charge < -0.3 is 10.2 Å². The monoisotopic (exact) mass is 444 g/mol. The maximum Gasteiger partial charge on any atom is 0.0653 e. The molecular formula is C30H52O2. The van der Waals surface area contributed by atoms with Crippen LogP contribution in [0.25, 0.3) is 0 Å². The Morgan fingerprint density at radius 1 is 0.906 bits per heavy atom. The van der Waals surface area contributed by atoms with Gasteiger partial charge in [0.25, 0.3) is 0 Å². The van der Waals surface area contributed by atoms with Gasteiger partial charge in [0, 0.05) is 0 Å². The molecule has 0 spiro atoms. The first kappa shape index (κ1) is 30.6. The average Bonchev–Trinajstić information content (AvgIpc) is 2.68. The van der Waals surface area contributed by atoms with Crippen molar-refractivity contribution in [2.45, 2.75) is 119 Å². The van der Waals surface area contributed by atoms with E-state index in [0.29, 0.717) is 5.92 Å². The molecular weight excluding hydrogens is 392 g/mol. The van der Waals surface area contributed by atoms with E-state index in [0.717, 1.165) is 57.8 Å². The maximum absolute atomic E-state index is 10.5. The summed E-state index contributed by atoms with van der Waals surface area (Å²) in [5.74, 6) is 0.446. The molecule has 0 radical (unpaired) electrons.